The largest absolute Gasteiger partial charge is 1.00 e. The van der Waals surface area contributed by atoms with Gasteiger partial charge in [-0.25, -0.2) is 0 Å². The zero-order valence-electron chi connectivity index (χ0n) is 13.7. The van der Waals surface area contributed by atoms with Crippen LogP contribution in [-0.2, 0) is 4.79 Å². The molecule has 6 nitrogen and oxygen atoms in total. The van der Waals surface area contributed by atoms with E-state index < -0.39 is 24.5 Å². The molecule has 0 fully saturated rings. The Hall–Kier alpha value is -0.500. The van der Waals surface area contributed by atoms with Gasteiger partial charge in [0.15, 0.2) is 0 Å². The molecule has 0 unspecified atom stereocenters. The molecule has 1 rings (SSSR count). The normalized spacial score (nSPS) is 11.3. The van der Waals surface area contributed by atoms with Crippen molar-refractivity contribution >= 4 is 40.8 Å². The Bertz CT molecular complexity index is 554. The first kappa shape index (κ1) is 23.5. The minimum absolute atomic E-state index is 0. The number of aliphatic hydroxyl groups is 1. The quantitative estimate of drug-likeness (QED) is 0.352. The third-order valence-corrected chi connectivity index (χ3v) is 3.63. The summed E-state index contributed by atoms with van der Waals surface area (Å²) in [5.41, 5.74) is 2.02. The van der Waals surface area contributed by atoms with E-state index in [1.165, 1.54) is 0 Å². The number of carbonyl (C=O) groups is 2. The number of benzene rings is 1. The van der Waals surface area contributed by atoms with E-state index in [1.807, 2.05) is 11.8 Å². The molecule has 0 heterocycles. The molecule has 1 atom stereocenters. The molecule has 0 saturated heterocycles. The number of nitrogens with zero attached hydrogens (tertiary/aromatic N) is 1. The van der Waals surface area contributed by atoms with Crippen molar-refractivity contribution in [1.82, 2.24) is 5.32 Å². The van der Waals surface area contributed by atoms with Gasteiger partial charge in [-0.15, -0.1) is 23.2 Å². The topological polar surface area (TPSA) is 92.7 Å². The molecule has 2 N–H and O–H groups in total. The summed E-state index contributed by atoms with van der Waals surface area (Å²) in [5, 5.41) is 21.9. The number of rotatable bonds is 9. The first-order chi connectivity index (χ1) is 10.9. The minimum atomic E-state index is -1.54. The number of hydrogen-bond donors (Lipinski definition) is 2. The number of aryl methyl sites for hydroxylation is 1. The fraction of sp³-hybridized carbons (Fsp3) is 0.467. The molecule has 0 aromatic heterocycles. The van der Waals surface area contributed by atoms with Crippen molar-refractivity contribution in [2.45, 2.75) is 13.0 Å². The van der Waals surface area contributed by atoms with Crippen molar-refractivity contribution < 1.29 is 49.4 Å². The van der Waals surface area contributed by atoms with Gasteiger partial charge in [-0.2, -0.15) is 0 Å². The van der Waals surface area contributed by atoms with Gasteiger partial charge in [0.05, 0.1) is 18.6 Å². The van der Waals surface area contributed by atoms with Crippen molar-refractivity contribution in [2.24, 2.45) is 0 Å². The third kappa shape index (κ3) is 6.78. The predicted molar refractivity (Wildman–Crippen MR) is 88.2 cm³/mol. The summed E-state index contributed by atoms with van der Waals surface area (Å²) >= 11 is 11.6. The maximum absolute atomic E-state index is 12.1. The Morgan fingerprint density at radius 3 is 2.33 bits per heavy atom. The fourth-order valence-corrected chi connectivity index (χ4v) is 2.48. The second-order valence-corrected chi connectivity index (χ2v) is 5.65. The summed E-state index contributed by atoms with van der Waals surface area (Å²) in [7, 11) is 0. The maximum Gasteiger partial charge on any atom is 1.00 e. The van der Waals surface area contributed by atoms with Gasteiger partial charge < -0.3 is 25.2 Å². The van der Waals surface area contributed by atoms with Gasteiger partial charge in [-0.3, -0.25) is 4.79 Å². The first-order valence-corrected chi connectivity index (χ1v) is 8.11. The van der Waals surface area contributed by atoms with Crippen molar-refractivity contribution in [3.63, 3.8) is 0 Å². The monoisotopic (exact) mass is 384 g/mol. The Kier molecular flexibility index (Phi) is 11.7. The van der Waals surface area contributed by atoms with Crippen LogP contribution in [0.2, 0.25) is 0 Å². The maximum atomic E-state index is 12.1. The number of alkyl halides is 2. The van der Waals surface area contributed by atoms with Crippen LogP contribution in [0.4, 0.5) is 5.69 Å². The molecule has 0 spiro atoms. The summed E-state index contributed by atoms with van der Waals surface area (Å²) in [6.07, 6.45) is 0. The Morgan fingerprint density at radius 1 is 1.29 bits per heavy atom. The van der Waals surface area contributed by atoms with E-state index >= 15 is 0 Å². The number of amides is 1. The second kappa shape index (κ2) is 12.0. The minimum Gasteiger partial charge on any atom is -0.548 e. The van der Waals surface area contributed by atoms with E-state index in [0.29, 0.717) is 24.8 Å². The number of aliphatic hydroxyl groups excluding tert-OH is 1. The van der Waals surface area contributed by atoms with Gasteiger partial charge in [0.2, 0.25) is 0 Å². The standard InChI is InChI=1S/C15H20Cl2N2O4.Na/c1-10-2-3-11(14(21)18-12(9-20)15(22)23)8-13(10)19(6-4-16)7-5-17;/h2-3,8,12,20H,4-7,9H2,1H3,(H,18,21)(H,22,23);/q;+1/p-1/t12-;/m0./s1. The molecule has 1 aromatic rings. The van der Waals surface area contributed by atoms with E-state index in [-0.39, 0.29) is 35.1 Å². The summed E-state index contributed by atoms with van der Waals surface area (Å²) in [6.45, 7) is 2.29. The first-order valence-electron chi connectivity index (χ1n) is 7.04. The molecule has 24 heavy (non-hydrogen) atoms. The molecule has 0 aliphatic heterocycles. The Balaban J connectivity index is 0.00000529. The third-order valence-electron chi connectivity index (χ3n) is 3.29. The summed E-state index contributed by atoms with van der Waals surface area (Å²) < 4.78 is 0. The number of nitrogens with one attached hydrogen (secondary N) is 1. The number of hydrogen-bond acceptors (Lipinski definition) is 5. The zero-order valence-corrected chi connectivity index (χ0v) is 17.2. The smallest absolute Gasteiger partial charge is 0.548 e. The molecule has 0 radical (unpaired) electrons. The van der Waals surface area contributed by atoms with E-state index in [1.54, 1.807) is 18.2 Å². The van der Waals surface area contributed by atoms with Gasteiger partial charge >= 0.3 is 29.6 Å². The average molecular weight is 385 g/mol. The van der Waals surface area contributed by atoms with Gasteiger partial charge in [0, 0.05) is 36.1 Å². The van der Waals surface area contributed by atoms with Crippen molar-refractivity contribution in [2.75, 3.05) is 36.4 Å². The van der Waals surface area contributed by atoms with E-state index in [0.717, 1.165) is 11.3 Å². The molecule has 1 amide bonds. The van der Waals surface area contributed by atoms with Crippen LogP contribution >= 0.6 is 23.2 Å². The van der Waals surface area contributed by atoms with E-state index in [2.05, 4.69) is 5.32 Å². The number of anilines is 1. The number of carbonyl (C=O) groups excluding carboxylic acids is 2. The van der Waals surface area contributed by atoms with Crippen LogP contribution in [-0.4, -0.2) is 54.5 Å². The molecule has 0 bridgehead atoms. The Morgan fingerprint density at radius 2 is 1.88 bits per heavy atom. The van der Waals surface area contributed by atoms with Gasteiger partial charge in [0.1, 0.15) is 0 Å². The Labute approximate surface area is 173 Å². The average Bonchev–Trinajstić information content (AvgIpc) is 2.52. The second-order valence-electron chi connectivity index (χ2n) is 4.89. The predicted octanol–water partition coefficient (Wildman–Crippen LogP) is -2.88. The van der Waals surface area contributed by atoms with Crippen LogP contribution in [0.15, 0.2) is 18.2 Å². The molecular weight excluding hydrogens is 366 g/mol. The van der Waals surface area contributed by atoms with Crippen LogP contribution in [0.25, 0.3) is 0 Å². The number of aliphatic carboxylic acids is 1. The van der Waals surface area contributed by atoms with Crippen LogP contribution in [0.5, 0.6) is 0 Å². The van der Waals surface area contributed by atoms with Gasteiger partial charge in [-0.05, 0) is 24.6 Å². The molecule has 1 aromatic carbocycles. The molecule has 0 aliphatic carbocycles. The molecule has 9 heteroatoms. The fourth-order valence-electron chi connectivity index (χ4n) is 2.07. The van der Waals surface area contributed by atoms with Crippen molar-refractivity contribution in [3.05, 3.63) is 29.3 Å². The van der Waals surface area contributed by atoms with Crippen LogP contribution in [0.3, 0.4) is 0 Å². The van der Waals surface area contributed by atoms with Crippen molar-refractivity contribution in [1.29, 1.82) is 0 Å². The zero-order chi connectivity index (χ0) is 17.4. The van der Waals surface area contributed by atoms with Crippen LogP contribution < -0.4 is 44.9 Å². The van der Waals surface area contributed by atoms with Crippen molar-refractivity contribution in [3.8, 4) is 0 Å². The van der Waals surface area contributed by atoms with Gasteiger partial charge in [0.25, 0.3) is 5.91 Å². The molecule has 0 aliphatic rings. The summed E-state index contributed by atoms with van der Waals surface area (Å²) in [6, 6.07) is 3.53. The molecule has 128 valence electrons. The van der Waals surface area contributed by atoms with Crippen LogP contribution in [0, 0.1) is 6.92 Å². The SMILES string of the molecule is Cc1ccc(C(=O)N[C@@H](CO)C(=O)[O-])cc1N(CCCl)CCCl.[Na+]. The molecule has 0 saturated carbocycles. The number of carboxylic acid groups (broad SMARTS) is 1. The van der Waals surface area contributed by atoms with Crippen LogP contribution in [0.1, 0.15) is 15.9 Å². The van der Waals surface area contributed by atoms with E-state index in [9.17, 15) is 14.7 Å². The summed E-state index contributed by atoms with van der Waals surface area (Å²) in [4.78, 5) is 24.9. The number of halogens is 2. The summed E-state index contributed by atoms with van der Waals surface area (Å²) in [5.74, 6) is -1.33. The number of carboxylic acids is 1. The molecular formula is C15H19Cl2N2NaO4. The van der Waals surface area contributed by atoms with Gasteiger partial charge in [-0.1, -0.05) is 6.07 Å². The van der Waals surface area contributed by atoms with E-state index in [4.69, 9.17) is 28.3 Å².